The molecule has 5 nitrogen and oxygen atoms in total. The zero-order valence-corrected chi connectivity index (χ0v) is 9.57. The Balaban J connectivity index is 1.98. The van der Waals surface area contributed by atoms with Crippen LogP contribution in [0, 0.1) is 11.8 Å². The number of hydrogen-bond donors (Lipinski definition) is 2. The Kier molecular flexibility index (Phi) is 5.25. The molecule has 1 saturated carbocycles. The molecule has 0 bridgehead atoms. The van der Waals surface area contributed by atoms with Gasteiger partial charge in [0.2, 0.25) is 5.91 Å². The van der Waals surface area contributed by atoms with Crippen molar-refractivity contribution in [2.45, 2.75) is 25.7 Å². The van der Waals surface area contributed by atoms with Crippen molar-refractivity contribution in [2.24, 2.45) is 11.8 Å². The van der Waals surface area contributed by atoms with E-state index >= 15 is 0 Å². The van der Waals surface area contributed by atoms with E-state index in [-0.39, 0.29) is 11.8 Å². The molecule has 0 saturated heterocycles. The molecule has 1 fully saturated rings. The summed E-state index contributed by atoms with van der Waals surface area (Å²) in [5.74, 6) is -1.72. The summed E-state index contributed by atoms with van der Waals surface area (Å²) in [6.07, 6.45) is 3.42. The van der Waals surface area contributed by atoms with Crippen LogP contribution >= 0.6 is 0 Å². The number of amides is 1. The van der Waals surface area contributed by atoms with Crippen LogP contribution in [0.2, 0.25) is 0 Å². The highest BCUT2D eigenvalue weighted by Gasteiger charge is 2.48. The Morgan fingerprint density at radius 3 is 2.62 bits per heavy atom. The van der Waals surface area contributed by atoms with Gasteiger partial charge >= 0.3 is 5.97 Å². The van der Waals surface area contributed by atoms with Gasteiger partial charge in [0, 0.05) is 20.3 Å². The lowest BCUT2D eigenvalue weighted by molar-refractivity contribution is -0.140. The highest BCUT2D eigenvalue weighted by Crippen LogP contribution is 2.38. The summed E-state index contributed by atoms with van der Waals surface area (Å²) >= 11 is 0. The van der Waals surface area contributed by atoms with E-state index < -0.39 is 11.9 Å². The van der Waals surface area contributed by atoms with Crippen LogP contribution in [-0.4, -0.2) is 37.2 Å². The molecule has 1 aliphatic carbocycles. The molecule has 16 heavy (non-hydrogen) atoms. The minimum absolute atomic E-state index is 0.112. The number of unbranched alkanes of at least 4 members (excludes halogenated alkanes) is 2. The minimum Gasteiger partial charge on any atom is -0.481 e. The number of nitrogens with one attached hydrogen (secondary N) is 1. The normalized spacial score (nSPS) is 22.8. The van der Waals surface area contributed by atoms with Crippen molar-refractivity contribution >= 4 is 11.9 Å². The topological polar surface area (TPSA) is 75.6 Å². The van der Waals surface area contributed by atoms with Crippen molar-refractivity contribution < 1.29 is 19.4 Å². The summed E-state index contributed by atoms with van der Waals surface area (Å²) in [5.41, 5.74) is 0. The SMILES string of the molecule is COCCCCCNC(=O)[C@@H]1C[C@@H]1C(=O)O. The number of carbonyl (C=O) groups excluding carboxylic acids is 1. The van der Waals surface area contributed by atoms with E-state index in [0.717, 1.165) is 25.9 Å². The maximum absolute atomic E-state index is 11.4. The predicted octanol–water partition coefficient (Wildman–Crippen LogP) is 0.640. The van der Waals surface area contributed by atoms with Crippen LogP contribution in [0.25, 0.3) is 0 Å². The molecular weight excluding hydrogens is 210 g/mol. The maximum atomic E-state index is 11.4. The van der Waals surface area contributed by atoms with Crippen LogP contribution in [-0.2, 0) is 14.3 Å². The van der Waals surface area contributed by atoms with Crippen molar-refractivity contribution in [1.82, 2.24) is 5.32 Å². The molecule has 0 spiro atoms. The van der Waals surface area contributed by atoms with Gasteiger partial charge in [-0.05, 0) is 25.7 Å². The smallest absolute Gasteiger partial charge is 0.307 e. The number of ether oxygens (including phenoxy) is 1. The number of carboxylic acids is 1. The highest BCUT2D eigenvalue weighted by atomic mass is 16.5. The quantitative estimate of drug-likeness (QED) is 0.599. The summed E-state index contributed by atoms with van der Waals surface area (Å²) in [6, 6.07) is 0. The largest absolute Gasteiger partial charge is 0.481 e. The number of hydrogen-bond acceptors (Lipinski definition) is 3. The lowest BCUT2D eigenvalue weighted by Crippen LogP contribution is -2.27. The fraction of sp³-hybridized carbons (Fsp3) is 0.818. The van der Waals surface area contributed by atoms with E-state index in [0.29, 0.717) is 13.0 Å². The van der Waals surface area contributed by atoms with E-state index in [2.05, 4.69) is 5.32 Å². The maximum Gasteiger partial charge on any atom is 0.307 e. The summed E-state index contributed by atoms with van der Waals surface area (Å²) in [6.45, 7) is 1.38. The first-order valence-electron chi connectivity index (χ1n) is 5.66. The molecule has 2 N–H and O–H groups in total. The number of methoxy groups -OCH3 is 1. The first kappa shape index (κ1) is 13.0. The van der Waals surface area contributed by atoms with Crippen LogP contribution in [0.5, 0.6) is 0 Å². The van der Waals surface area contributed by atoms with Gasteiger partial charge in [0.1, 0.15) is 0 Å². The monoisotopic (exact) mass is 229 g/mol. The fourth-order valence-electron chi connectivity index (χ4n) is 1.65. The third-order valence-corrected chi connectivity index (χ3v) is 2.77. The van der Waals surface area contributed by atoms with Crippen molar-refractivity contribution in [3.8, 4) is 0 Å². The second-order valence-electron chi connectivity index (χ2n) is 4.13. The summed E-state index contributed by atoms with van der Waals surface area (Å²) in [4.78, 5) is 21.9. The molecule has 1 rings (SSSR count). The molecule has 5 heteroatoms. The number of aliphatic carboxylic acids is 1. The lowest BCUT2D eigenvalue weighted by atomic mass is 10.2. The van der Waals surface area contributed by atoms with Gasteiger partial charge in [0.05, 0.1) is 11.8 Å². The van der Waals surface area contributed by atoms with Gasteiger partial charge in [-0.25, -0.2) is 0 Å². The van der Waals surface area contributed by atoms with Crippen molar-refractivity contribution in [3.63, 3.8) is 0 Å². The van der Waals surface area contributed by atoms with Gasteiger partial charge in [-0.3, -0.25) is 9.59 Å². The Morgan fingerprint density at radius 2 is 2.06 bits per heavy atom. The van der Waals surface area contributed by atoms with Crippen LogP contribution in [0.4, 0.5) is 0 Å². The van der Waals surface area contributed by atoms with Crippen LogP contribution < -0.4 is 5.32 Å². The zero-order chi connectivity index (χ0) is 12.0. The van der Waals surface area contributed by atoms with E-state index in [1.165, 1.54) is 0 Å². The second-order valence-corrected chi connectivity index (χ2v) is 4.13. The Bertz CT molecular complexity index is 254. The Morgan fingerprint density at radius 1 is 1.31 bits per heavy atom. The van der Waals surface area contributed by atoms with Gasteiger partial charge in [-0.2, -0.15) is 0 Å². The molecule has 0 heterocycles. The van der Waals surface area contributed by atoms with Crippen LogP contribution in [0.3, 0.4) is 0 Å². The fourth-order valence-corrected chi connectivity index (χ4v) is 1.65. The molecule has 0 aromatic carbocycles. The molecular formula is C11H19NO4. The van der Waals surface area contributed by atoms with Crippen molar-refractivity contribution in [3.05, 3.63) is 0 Å². The minimum atomic E-state index is -0.861. The van der Waals surface area contributed by atoms with Crippen molar-refractivity contribution in [2.75, 3.05) is 20.3 Å². The van der Waals surface area contributed by atoms with Gasteiger partial charge in [0.15, 0.2) is 0 Å². The van der Waals surface area contributed by atoms with E-state index in [1.54, 1.807) is 7.11 Å². The van der Waals surface area contributed by atoms with Gasteiger partial charge in [-0.15, -0.1) is 0 Å². The van der Waals surface area contributed by atoms with E-state index in [1.807, 2.05) is 0 Å². The average Bonchev–Trinajstić information content (AvgIpc) is 3.02. The predicted molar refractivity (Wildman–Crippen MR) is 58.0 cm³/mol. The standard InChI is InChI=1S/C11H19NO4/c1-16-6-4-2-3-5-12-10(13)8-7-9(8)11(14)15/h8-9H,2-7H2,1H3,(H,12,13)(H,14,15)/t8-,9+/m1/s1. The Labute approximate surface area is 95.2 Å². The van der Waals surface area contributed by atoms with Crippen molar-refractivity contribution in [1.29, 1.82) is 0 Å². The van der Waals surface area contributed by atoms with E-state index in [9.17, 15) is 9.59 Å². The Hall–Kier alpha value is -1.10. The third-order valence-electron chi connectivity index (χ3n) is 2.77. The zero-order valence-electron chi connectivity index (χ0n) is 9.57. The number of carboxylic acid groups (broad SMARTS) is 1. The number of rotatable bonds is 8. The average molecular weight is 229 g/mol. The molecule has 92 valence electrons. The first-order chi connectivity index (χ1) is 7.66. The number of carbonyl (C=O) groups is 2. The molecule has 0 radical (unpaired) electrons. The van der Waals surface area contributed by atoms with Gasteiger partial charge in [0.25, 0.3) is 0 Å². The second kappa shape index (κ2) is 6.48. The molecule has 1 aliphatic rings. The molecule has 0 aromatic heterocycles. The third kappa shape index (κ3) is 4.18. The molecule has 2 atom stereocenters. The summed E-state index contributed by atoms with van der Waals surface area (Å²) in [7, 11) is 1.67. The highest BCUT2D eigenvalue weighted by molar-refractivity contribution is 5.89. The molecule has 1 amide bonds. The van der Waals surface area contributed by atoms with Crippen LogP contribution in [0.15, 0.2) is 0 Å². The van der Waals surface area contributed by atoms with Gasteiger partial charge in [-0.1, -0.05) is 0 Å². The molecule has 0 aromatic rings. The van der Waals surface area contributed by atoms with Gasteiger partial charge < -0.3 is 15.2 Å². The summed E-state index contributed by atoms with van der Waals surface area (Å²) in [5, 5.41) is 11.4. The molecule has 0 aliphatic heterocycles. The van der Waals surface area contributed by atoms with Crippen LogP contribution in [0.1, 0.15) is 25.7 Å². The van der Waals surface area contributed by atoms with E-state index in [4.69, 9.17) is 9.84 Å². The first-order valence-corrected chi connectivity index (χ1v) is 5.66. The molecule has 0 unspecified atom stereocenters. The lowest BCUT2D eigenvalue weighted by Gasteiger charge is -2.04. The summed E-state index contributed by atoms with van der Waals surface area (Å²) < 4.78 is 4.91.